The number of hydrogen-bond acceptors (Lipinski definition) is 2. The van der Waals surface area contributed by atoms with Crippen LogP contribution in [0.4, 0.5) is 0 Å². The number of pyridine rings is 1. The van der Waals surface area contributed by atoms with Crippen molar-refractivity contribution < 1.29 is 0 Å². The van der Waals surface area contributed by atoms with Crippen LogP contribution in [0, 0.1) is 0 Å². The molecular weight excluding hydrogens is 258 g/mol. The Morgan fingerprint density at radius 1 is 1.14 bits per heavy atom. The highest BCUT2D eigenvalue weighted by Gasteiger charge is 2.09. The summed E-state index contributed by atoms with van der Waals surface area (Å²) in [5.41, 5.74) is 9.77. The SMILES string of the molecule is CCC(N)Cc1cccc2c1ccn2Cc1ccccn1. The fourth-order valence-electron chi connectivity index (χ4n) is 2.70. The molecule has 3 rings (SSSR count). The van der Waals surface area contributed by atoms with Crippen molar-refractivity contribution in [1.29, 1.82) is 0 Å². The first kappa shape index (κ1) is 13.8. The van der Waals surface area contributed by atoms with Crippen molar-refractivity contribution in [3.63, 3.8) is 0 Å². The Hall–Kier alpha value is -2.13. The molecular formula is C18H21N3. The lowest BCUT2D eigenvalue weighted by molar-refractivity contribution is 0.649. The van der Waals surface area contributed by atoms with Gasteiger partial charge in [0.15, 0.2) is 0 Å². The van der Waals surface area contributed by atoms with Gasteiger partial charge in [-0.2, -0.15) is 0 Å². The van der Waals surface area contributed by atoms with E-state index in [0.29, 0.717) is 0 Å². The first-order valence-electron chi connectivity index (χ1n) is 7.50. The van der Waals surface area contributed by atoms with Gasteiger partial charge in [0.25, 0.3) is 0 Å². The van der Waals surface area contributed by atoms with E-state index < -0.39 is 0 Å². The Kier molecular flexibility index (Phi) is 4.02. The topological polar surface area (TPSA) is 43.8 Å². The van der Waals surface area contributed by atoms with Gasteiger partial charge in [-0.05, 0) is 42.7 Å². The van der Waals surface area contributed by atoms with E-state index in [1.807, 2.05) is 18.3 Å². The molecule has 0 aliphatic rings. The minimum Gasteiger partial charge on any atom is -0.341 e. The van der Waals surface area contributed by atoms with Crippen LogP contribution in [0.25, 0.3) is 10.9 Å². The highest BCUT2D eigenvalue weighted by molar-refractivity contribution is 5.83. The zero-order chi connectivity index (χ0) is 14.7. The lowest BCUT2D eigenvalue weighted by atomic mass is 10.0. The van der Waals surface area contributed by atoms with Gasteiger partial charge in [0.05, 0.1) is 12.2 Å². The van der Waals surface area contributed by atoms with E-state index >= 15 is 0 Å². The first-order valence-corrected chi connectivity index (χ1v) is 7.50. The summed E-state index contributed by atoms with van der Waals surface area (Å²) >= 11 is 0. The molecule has 3 heteroatoms. The van der Waals surface area contributed by atoms with Crippen LogP contribution in [0.5, 0.6) is 0 Å². The molecule has 1 atom stereocenters. The number of rotatable bonds is 5. The van der Waals surface area contributed by atoms with Crippen LogP contribution in [-0.2, 0) is 13.0 Å². The molecule has 1 unspecified atom stereocenters. The van der Waals surface area contributed by atoms with E-state index in [2.05, 4.69) is 53.0 Å². The van der Waals surface area contributed by atoms with Crippen molar-refractivity contribution in [1.82, 2.24) is 9.55 Å². The molecule has 0 fully saturated rings. The van der Waals surface area contributed by atoms with E-state index in [1.54, 1.807) is 0 Å². The molecule has 0 bridgehead atoms. The second kappa shape index (κ2) is 6.10. The second-order valence-electron chi connectivity index (χ2n) is 5.49. The standard InChI is InChI=1S/C18H21N3/c1-2-15(19)12-14-6-5-8-18-17(14)9-11-21(18)13-16-7-3-4-10-20-16/h3-11,15H,2,12-13,19H2,1H3. The summed E-state index contributed by atoms with van der Waals surface area (Å²) in [6, 6.07) is 14.9. The van der Waals surface area contributed by atoms with Crippen LogP contribution >= 0.6 is 0 Å². The summed E-state index contributed by atoms with van der Waals surface area (Å²) in [6.45, 7) is 2.94. The van der Waals surface area contributed by atoms with Gasteiger partial charge in [-0.3, -0.25) is 4.98 Å². The van der Waals surface area contributed by atoms with E-state index in [9.17, 15) is 0 Å². The normalized spacial score (nSPS) is 12.7. The molecule has 1 aromatic carbocycles. The van der Waals surface area contributed by atoms with Gasteiger partial charge in [-0.25, -0.2) is 0 Å². The monoisotopic (exact) mass is 279 g/mol. The fraction of sp³-hybridized carbons (Fsp3) is 0.278. The van der Waals surface area contributed by atoms with Crippen LogP contribution in [0.1, 0.15) is 24.6 Å². The average molecular weight is 279 g/mol. The number of aromatic nitrogens is 2. The molecule has 3 aromatic rings. The van der Waals surface area contributed by atoms with Gasteiger partial charge < -0.3 is 10.3 Å². The van der Waals surface area contributed by atoms with E-state index in [4.69, 9.17) is 5.73 Å². The zero-order valence-corrected chi connectivity index (χ0v) is 12.4. The quantitative estimate of drug-likeness (QED) is 0.778. The Balaban J connectivity index is 1.93. The van der Waals surface area contributed by atoms with Crippen LogP contribution in [0.2, 0.25) is 0 Å². The molecule has 108 valence electrons. The third-order valence-electron chi connectivity index (χ3n) is 3.97. The van der Waals surface area contributed by atoms with Gasteiger partial charge in [-0.1, -0.05) is 25.1 Å². The lowest BCUT2D eigenvalue weighted by Crippen LogP contribution is -2.21. The maximum atomic E-state index is 6.11. The minimum atomic E-state index is 0.231. The van der Waals surface area contributed by atoms with Crippen molar-refractivity contribution in [2.24, 2.45) is 5.73 Å². The Morgan fingerprint density at radius 3 is 2.81 bits per heavy atom. The smallest absolute Gasteiger partial charge is 0.0648 e. The van der Waals surface area contributed by atoms with E-state index in [1.165, 1.54) is 16.5 Å². The van der Waals surface area contributed by atoms with Crippen LogP contribution in [0.15, 0.2) is 54.9 Å². The van der Waals surface area contributed by atoms with Crippen molar-refractivity contribution in [3.8, 4) is 0 Å². The van der Waals surface area contributed by atoms with Crippen molar-refractivity contribution in [2.75, 3.05) is 0 Å². The number of hydrogen-bond donors (Lipinski definition) is 1. The molecule has 21 heavy (non-hydrogen) atoms. The predicted octanol–water partition coefficient (Wildman–Crippen LogP) is 3.36. The molecule has 0 aliphatic heterocycles. The zero-order valence-electron chi connectivity index (χ0n) is 12.4. The summed E-state index contributed by atoms with van der Waals surface area (Å²) in [6.07, 6.45) is 5.92. The highest BCUT2D eigenvalue weighted by Crippen LogP contribution is 2.22. The van der Waals surface area contributed by atoms with E-state index in [0.717, 1.165) is 25.1 Å². The molecule has 0 radical (unpaired) electrons. The molecule has 0 saturated heterocycles. The second-order valence-corrected chi connectivity index (χ2v) is 5.49. The first-order chi connectivity index (χ1) is 10.3. The molecule has 0 saturated carbocycles. The fourth-order valence-corrected chi connectivity index (χ4v) is 2.70. The lowest BCUT2D eigenvalue weighted by Gasteiger charge is -2.10. The number of nitrogens with zero attached hydrogens (tertiary/aromatic N) is 2. The summed E-state index contributed by atoms with van der Waals surface area (Å²) in [5, 5.41) is 1.30. The van der Waals surface area contributed by atoms with Gasteiger partial charge >= 0.3 is 0 Å². The predicted molar refractivity (Wildman–Crippen MR) is 87.2 cm³/mol. The van der Waals surface area contributed by atoms with Crippen LogP contribution in [0.3, 0.4) is 0 Å². The number of fused-ring (bicyclic) bond motifs is 1. The summed E-state index contributed by atoms with van der Waals surface area (Å²) in [5.74, 6) is 0. The third kappa shape index (κ3) is 2.98. The maximum absolute atomic E-state index is 6.11. The number of nitrogens with two attached hydrogens (primary N) is 1. The Labute approximate surface area is 125 Å². The van der Waals surface area contributed by atoms with Crippen molar-refractivity contribution in [2.45, 2.75) is 32.4 Å². The molecule has 2 heterocycles. The van der Waals surface area contributed by atoms with Gasteiger partial charge in [0.1, 0.15) is 0 Å². The third-order valence-corrected chi connectivity index (χ3v) is 3.97. The van der Waals surface area contributed by atoms with E-state index in [-0.39, 0.29) is 6.04 Å². The van der Waals surface area contributed by atoms with Crippen molar-refractivity contribution >= 4 is 10.9 Å². The average Bonchev–Trinajstić information content (AvgIpc) is 2.92. The molecule has 2 aromatic heterocycles. The van der Waals surface area contributed by atoms with Crippen LogP contribution in [-0.4, -0.2) is 15.6 Å². The molecule has 0 aliphatic carbocycles. The van der Waals surface area contributed by atoms with Gasteiger partial charge in [-0.15, -0.1) is 0 Å². The summed E-state index contributed by atoms with van der Waals surface area (Å²) in [4.78, 5) is 4.40. The molecule has 2 N–H and O–H groups in total. The largest absolute Gasteiger partial charge is 0.341 e. The molecule has 0 spiro atoms. The number of benzene rings is 1. The summed E-state index contributed by atoms with van der Waals surface area (Å²) in [7, 11) is 0. The Morgan fingerprint density at radius 2 is 2.05 bits per heavy atom. The van der Waals surface area contributed by atoms with Crippen molar-refractivity contribution in [3.05, 3.63) is 66.1 Å². The van der Waals surface area contributed by atoms with Crippen LogP contribution < -0.4 is 5.73 Å². The molecule has 0 amide bonds. The minimum absolute atomic E-state index is 0.231. The summed E-state index contributed by atoms with van der Waals surface area (Å²) < 4.78 is 2.25. The van der Waals surface area contributed by atoms with Gasteiger partial charge in [0.2, 0.25) is 0 Å². The highest BCUT2D eigenvalue weighted by atomic mass is 15.0. The molecule has 3 nitrogen and oxygen atoms in total. The Bertz CT molecular complexity index is 716. The maximum Gasteiger partial charge on any atom is 0.0648 e. The van der Waals surface area contributed by atoms with Gasteiger partial charge in [0, 0.05) is 29.3 Å².